The molecule has 0 aromatic heterocycles. The van der Waals surface area contributed by atoms with Gasteiger partial charge in [-0.05, 0) is 25.7 Å². The van der Waals surface area contributed by atoms with E-state index in [1.165, 1.54) is 82.0 Å². The smallest absolute Gasteiger partial charge is 0.0786 e. The first kappa shape index (κ1) is 32.8. The van der Waals surface area contributed by atoms with Crippen LogP contribution < -0.4 is 41.0 Å². The van der Waals surface area contributed by atoms with Crippen molar-refractivity contribution in [1.82, 2.24) is 0 Å². The topological polar surface area (TPSA) is 0 Å². The summed E-state index contributed by atoms with van der Waals surface area (Å²) in [5.41, 5.74) is 0. The van der Waals surface area contributed by atoms with Crippen molar-refractivity contribution in [3.63, 3.8) is 0 Å². The van der Waals surface area contributed by atoms with E-state index in [-0.39, 0.29) is 41.0 Å². The lowest BCUT2D eigenvalue weighted by atomic mass is 10.1. The predicted molar refractivity (Wildman–Crippen MR) is 103 cm³/mol. The quantitative estimate of drug-likeness (QED) is 0.236. The van der Waals surface area contributed by atoms with E-state index in [9.17, 15) is 0 Å². The van der Waals surface area contributed by atoms with Crippen LogP contribution in [0, 0.1) is 0 Å². The summed E-state index contributed by atoms with van der Waals surface area (Å²) < 4.78 is 2.42. The summed E-state index contributed by atoms with van der Waals surface area (Å²) in [6, 6.07) is 0. The monoisotopic (exact) mass is 522 g/mol. The van der Waals surface area contributed by atoms with Gasteiger partial charge < -0.3 is 49.9 Å². The lowest BCUT2D eigenvalue weighted by molar-refractivity contribution is -0.929. The van der Waals surface area contributed by atoms with Crippen LogP contribution in [0.15, 0.2) is 0 Å². The molecule has 152 valence electrons. The molecule has 0 aliphatic heterocycles. The number of quaternary nitrogens is 2. The van der Waals surface area contributed by atoms with Crippen molar-refractivity contribution in [2.24, 2.45) is 0 Å². The van der Waals surface area contributed by atoms with Gasteiger partial charge in [0.2, 0.25) is 0 Å². The zero-order valence-corrected chi connectivity index (χ0v) is 21.9. The maximum Gasteiger partial charge on any atom is 0.0786 e. The Kier molecular flexibility index (Phi) is 27.9. The number of hydrogen-bond donors (Lipinski definition) is 0. The highest BCUT2D eigenvalue weighted by atomic mass is 127. The van der Waals surface area contributed by atoms with Gasteiger partial charge in [0.1, 0.15) is 0 Å². The average Bonchev–Trinajstić information content (AvgIpc) is 2.44. The standard InChI is InChI=1S/C16H36N.C4H12N.BrH.HI/c1-5-9-13-17(14-10-6-2,15-11-7-3)16-12-8-4;1-5(2,3)4;;/h5-16H2,1-4H3;1-4H3;2*1H/q2*+1;;/p-2. The van der Waals surface area contributed by atoms with E-state index in [0.29, 0.717) is 0 Å². The normalized spacial score (nSPS) is 11.0. The van der Waals surface area contributed by atoms with Crippen molar-refractivity contribution in [1.29, 1.82) is 0 Å². The fourth-order valence-electron chi connectivity index (χ4n) is 2.64. The molecule has 0 aliphatic carbocycles. The van der Waals surface area contributed by atoms with Crippen molar-refractivity contribution >= 4 is 0 Å². The summed E-state index contributed by atoms with van der Waals surface area (Å²) in [6.45, 7) is 15.0. The summed E-state index contributed by atoms with van der Waals surface area (Å²) in [5.74, 6) is 0. The number of hydrogen-bond acceptors (Lipinski definition) is 0. The van der Waals surface area contributed by atoms with Crippen LogP contribution in [0.1, 0.15) is 79.1 Å². The predicted octanol–water partition coefficient (Wildman–Crippen LogP) is -0.666. The molecular formula is C20H48BrIN2. The van der Waals surface area contributed by atoms with Crippen molar-refractivity contribution in [3.05, 3.63) is 0 Å². The maximum absolute atomic E-state index is 2.33. The van der Waals surface area contributed by atoms with Gasteiger partial charge in [0.05, 0.1) is 54.4 Å². The summed E-state index contributed by atoms with van der Waals surface area (Å²) in [6.07, 6.45) is 11.1. The Hall–Kier alpha value is 1.13. The van der Waals surface area contributed by atoms with Crippen LogP contribution in [0.25, 0.3) is 0 Å². The van der Waals surface area contributed by atoms with Crippen molar-refractivity contribution in [2.75, 3.05) is 54.4 Å². The van der Waals surface area contributed by atoms with Gasteiger partial charge in [-0.3, -0.25) is 0 Å². The van der Waals surface area contributed by atoms with Gasteiger partial charge >= 0.3 is 0 Å². The Morgan fingerprint density at radius 3 is 0.792 bits per heavy atom. The van der Waals surface area contributed by atoms with Gasteiger partial charge in [0.15, 0.2) is 0 Å². The highest BCUT2D eigenvalue weighted by Crippen LogP contribution is 2.16. The number of nitrogens with zero attached hydrogens (tertiary/aromatic N) is 2. The first-order valence-electron chi connectivity index (χ1n) is 9.88. The number of rotatable bonds is 12. The van der Waals surface area contributed by atoms with Crippen LogP contribution in [0.5, 0.6) is 0 Å². The molecule has 0 bridgehead atoms. The molecule has 0 saturated carbocycles. The summed E-state index contributed by atoms with van der Waals surface area (Å²) >= 11 is 0. The average molecular weight is 523 g/mol. The molecule has 0 saturated heterocycles. The first-order chi connectivity index (χ1) is 10.2. The fourth-order valence-corrected chi connectivity index (χ4v) is 2.64. The Bertz CT molecular complexity index is 187. The van der Waals surface area contributed by atoms with E-state index in [1.54, 1.807) is 0 Å². The van der Waals surface area contributed by atoms with Crippen molar-refractivity contribution in [3.8, 4) is 0 Å². The second-order valence-corrected chi connectivity index (χ2v) is 8.33. The highest BCUT2D eigenvalue weighted by Gasteiger charge is 2.24. The van der Waals surface area contributed by atoms with Gasteiger partial charge in [-0.2, -0.15) is 0 Å². The Labute approximate surface area is 182 Å². The summed E-state index contributed by atoms with van der Waals surface area (Å²) in [5, 5.41) is 0. The molecule has 0 aliphatic rings. The Balaban J connectivity index is -0.000000250. The lowest BCUT2D eigenvalue weighted by Gasteiger charge is -2.39. The molecule has 0 rings (SSSR count). The third-order valence-corrected chi connectivity index (χ3v) is 3.94. The molecule has 0 heterocycles. The van der Waals surface area contributed by atoms with E-state index >= 15 is 0 Å². The highest BCUT2D eigenvalue weighted by molar-refractivity contribution is 4.49. The van der Waals surface area contributed by atoms with E-state index < -0.39 is 0 Å². The van der Waals surface area contributed by atoms with Crippen LogP contribution in [0.4, 0.5) is 0 Å². The minimum absolute atomic E-state index is 0. The Morgan fingerprint density at radius 2 is 0.667 bits per heavy atom. The second-order valence-electron chi connectivity index (χ2n) is 8.33. The molecule has 0 fully saturated rings. The van der Waals surface area contributed by atoms with Gasteiger partial charge in [-0.1, -0.05) is 53.4 Å². The van der Waals surface area contributed by atoms with Gasteiger partial charge in [-0.25, -0.2) is 0 Å². The third-order valence-electron chi connectivity index (χ3n) is 3.94. The number of halogens is 2. The van der Waals surface area contributed by atoms with Gasteiger partial charge in [-0.15, -0.1) is 0 Å². The van der Waals surface area contributed by atoms with E-state index in [0.717, 1.165) is 4.48 Å². The molecule has 0 aromatic carbocycles. The molecule has 0 aromatic rings. The molecule has 0 unspecified atom stereocenters. The SMILES string of the molecule is CCCC[N+](CCCC)(CCCC)CCCC.C[N+](C)(C)C.[Br-].[I-]. The molecule has 24 heavy (non-hydrogen) atoms. The lowest BCUT2D eigenvalue weighted by Crippen LogP contribution is -3.00. The minimum Gasteiger partial charge on any atom is -1.00 e. The molecule has 0 atom stereocenters. The van der Waals surface area contributed by atoms with Gasteiger partial charge in [0, 0.05) is 0 Å². The summed E-state index contributed by atoms with van der Waals surface area (Å²) in [4.78, 5) is 0. The maximum atomic E-state index is 2.33. The molecule has 4 heteroatoms. The number of unbranched alkanes of at least 4 members (excludes halogenated alkanes) is 4. The zero-order valence-electron chi connectivity index (χ0n) is 18.1. The van der Waals surface area contributed by atoms with Gasteiger partial charge in [0.25, 0.3) is 0 Å². The van der Waals surface area contributed by atoms with E-state index in [1.807, 2.05) is 0 Å². The minimum atomic E-state index is 0. The van der Waals surface area contributed by atoms with Crippen LogP contribution in [0.2, 0.25) is 0 Å². The molecule has 0 N–H and O–H groups in total. The Morgan fingerprint density at radius 1 is 0.500 bits per heavy atom. The van der Waals surface area contributed by atoms with Crippen LogP contribution in [0.3, 0.4) is 0 Å². The molecule has 0 radical (unpaired) electrons. The van der Waals surface area contributed by atoms with Crippen molar-refractivity contribution in [2.45, 2.75) is 79.1 Å². The van der Waals surface area contributed by atoms with E-state index in [4.69, 9.17) is 0 Å². The van der Waals surface area contributed by atoms with Crippen molar-refractivity contribution < 1.29 is 49.9 Å². The van der Waals surface area contributed by atoms with E-state index in [2.05, 4.69) is 55.9 Å². The zero-order chi connectivity index (χ0) is 17.5. The molecule has 0 spiro atoms. The van der Waals surface area contributed by atoms with Crippen LogP contribution in [-0.4, -0.2) is 63.3 Å². The first-order valence-corrected chi connectivity index (χ1v) is 9.88. The second kappa shape index (κ2) is 20.4. The van der Waals surface area contributed by atoms with Crippen LogP contribution >= 0.6 is 0 Å². The largest absolute Gasteiger partial charge is 1.00 e. The molecule has 0 amide bonds. The van der Waals surface area contributed by atoms with Crippen LogP contribution in [-0.2, 0) is 0 Å². The third kappa shape index (κ3) is 25.4. The summed E-state index contributed by atoms with van der Waals surface area (Å²) in [7, 11) is 8.50. The molecular weight excluding hydrogens is 475 g/mol. The fraction of sp³-hybridized carbons (Fsp3) is 1.00. The molecule has 2 nitrogen and oxygen atoms in total.